The summed E-state index contributed by atoms with van der Waals surface area (Å²) in [5, 5.41) is 6.90. The number of rotatable bonds is 5. The minimum absolute atomic E-state index is 0.507. The van der Waals surface area contributed by atoms with E-state index in [1.165, 1.54) is 17.0 Å². The Morgan fingerprint density at radius 3 is 2.65 bits per heavy atom. The lowest BCUT2D eigenvalue weighted by Gasteiger charge is -2.16. The van der Waals surface area contributed by atoms with Crippen molar-refractivity contribution in [3.63, 3.8) is 0 Å². The molecule has 1 saturated carbocycles. The van der Waals surface area contributed by atoms with Crippen LogP contribution >= 0.6 is 11.3 Å². The Morgan fingerprint density at radius 1 is 1.35 bits per heavy atom. The molecule has 2 aromatic rings. The lowest BCUT2D eigenvalue weighted by Crippen LogP contribution is -2.31. The summed E-state index contributed by atoms with van der Waals surface area (Å²) in [6.07, 6.45) is 2.37. The van der Waals surface area contributed by atoms with Crippen molar-refractivity contribution in [2.45, 2.75) is 32.7 Å². The quantitative estimate of drug-likeness (QED) is 0.899. The molecule has 106 valence electrons. The normalized spacial score (nSPS) is 21.6. The molecule has 1 aliphatic rings. The number of nitrogens with zero attached hydrogens (tertiary/aromatic N) is 1. The fraction of sp³-hybridized carbons (Fsp3) is 0.471. The zero-order valence-corrected chi connectivity index (χ0v) is 13.2. The monoisotopic (exact) mass is 286 g/mol. The van der Waals surface area contributed by atoms with Gasteiger partial charge >= 0.3 is 0 Å². The molecular weight excluding hydrogens is 264 g/mol. The van der Waals surface area contributed by atoms with E-state index in [1.807, 2.05) is 6.07 Å². The molecule has 0 saturated heterocycles. The van der Waals surface area contributed by atoms with Gasteiger partial charge in [0.05, 0.1) is 10.7 Å². The van der Waals surface area contributed by atoms with Gasteiger partial charge in [0.1, 0.15) is 0 Å². The second-order valence-electron chi connectivity index (χ2n) is 6.39. The topological polar surface area (TPSA) is 24.9 Å². The molecule has 2 unspecified atom stereocenters. The predicted molar refractivity (Wildman–Crippen MR) is 86.0 cm³/mol. The molecule has 0 aliphatic heterocycles. The van der Waals surface area contributed by atoms with Gasteiger partial charge in [-0.3, -0.25) is 0 Å². The molecule has 0 radical (unpaired) electrons. The first-order valence-corrected chi connectivity index (χ1v) is 8.15. The molecule has 3 rings (SSSR count). The maximum atomic E-state index is 4.80. The number of aromatic nitrogens is 1. The van der Waals surface area contributed by atoms with Crippen molar-refractivity contribution in [1.82, 2.24) is 10.3 Å². The minimum Gasteiger partial charge on any atom is -0.316 e. The number of thiazole rings is 1. The maximum Gasteiger partial charge on any atom is 0.0948 e. The Bertz CT molecular complexity index is 574. The third-order valence-corrected chi connectivity index (χ3v) is 5.33. The van der Waals surface area contributed by atoms with Crippen LogP contribution in [0.2, 0.25) is 0 Å². The summed E-state index contributed by atoms with van der Waals surface area (Å²) in [7, 11) is 2.07. The molecule has 1 aliphatic carbocycles. The average Bonchev–Trinajstić information content (AvgIpc) is 2.89. The van der Waals surface area contributed by atoms with E-state index >= 15 is 0 Å². The molecule has 3 heteroatoms. The van der Waals surface area contributed by atoms with Crippen LogP contribution in [0.15, 0.2) is 35.7 Å². The molecule has 20 heavy (non-hydrogen) atoms. The number of benzene rings is 1. The van der Waals surface area contributed by atoms with Crippen molar-refractivity contribution < 1.29 is 0 Å². The van der Waals surface area contributed by atoms with E-state index < -0.39 is 0 Å². The Labute approximate surface area is 125 Å². The third-order valence-electron chi connectivity index (χ3n) is 4.46. The second kappa shape index (κ2) is 5.30. The SMILES string of the molecule is CNC(Cc1nc(-c2ccccc2)cs1)C1CC1(C)C. The third kappa shape index (κ3) is 2.79. The first-order valence-electron chi connectivity index (χ1n) is 7.27. The summed E-state index contributed by atoms with van der Waals surface area (Å²) in [5.41, 5.74) is 2.82. The lowest BCUT2D eigenvalue weighted by atomic mass is 10.0. The van der Waals surface area contributed by atoms with Gasteiger partial charge in [0.15, 0.2) is 0 Å². The Kier molecular flexibility index (Phi) is 3.65. The molecule has 1 N–H and O–H groups in total. The van der Waals surface area contributed by atoms with Crippen molar-refractivity contribution in [3.05, 3.63) is 40.7 Å². The molecule has 1 fully saturated rings. The lowest BCUT2D eigenvalue weighted by molar-refractivity contribution is 0.425. The molecule has 0 spiro atoms. The molecule has 0 amide bonds. The van der Waals surface area contributed by atoms with Crippen LogP contribution in [0.5, 0.6) is 0 Å². The van der Waals surface area contributed by atoms with E-state index in [0.717, 1.165) is 18.0 Å². The number of likely N-dealkylation sites (N-methyl/N-ethyl adjacent to an activating group) is 1. The highest BCUT2D eigenvalue weighted by molar-refractivity contribution is 7.09. The molecule has 2 atom stereocenters. The second-order valence-corrected chi connectivity index (χ2v) is 7.33. The van der Waals surface area contributed by atoms with E-state index in [-0.39, 0.29) is 0 Å². The van der Waals surface area contributed by atoms with Crippen LogP contribution in [0, 0.1) is 11.3 Å². The van der Waals surface area contributed by atoms with Crippen LogP contribution in [-0.2, 0) is 6.42 Å². The molecular formula is C17H22N2S. The summed E-state index contributed by atoms with van der Waals surface area (Å²) < 4.78 is 0. The number of hydrogen-bond acceptors (Lipinski definition) is 3. The van der Waals surface area contributed by atoms with E-state index in [1.54, 1.807) is 11.3 Å². The molecule has 1 heterocycles. The highest BCUT2D eigenvalue weighted by Crippen LogP contribution is 2.54. The van der Waals surface area contributed by atoms with Gasteiger partial charge in [-0.05, 0) is 24.8 Å². The van der Waals surface area contributed by atoms with Gasteiger partial charge in [-0.2, -0.15) is 0 Å². The first kappa shape index (κ1) is 13.8. The first-order chi connectivity index (χ1) is 9.60. The van der Waals surface area contributed by atoms with Gasteiger partial charge < -0.3 is 5.32 Å². The fourth-order valence-electron chi connectivity index (χ4n) is 2.97. The summed E-state index contributed by atoms with van der Waals surface area (Å²) in [5.74, 6) is 0.788. The van der Waals surface area contributed by atoms with Crippen LogP contribution in [-0.4, -0.2) is 18.1 Å². The molecule has 0 bridgehead atoms. The van der Waals surface area contributed by atoms with Crippen molar-refractivity contribution in [3.8, 4) is 11.3 Å². The smallest absolute Gasteiger partial charge is 0.0948 e. The summed E-state index contributed by atoms with van der Waals surface area (Å²) in [6, 6.07) is 11.0. The Hall–Kier alpha value is -1.19. The predicted octanol–water partition coefficient (Wildman–Crippen LogP) is 3.99. The van der Waals surface area contributed by atoms with Gasteiger partial charge in [0, 0.05) is 23.4 Å². The van der Waals surface area contributed by atoms with Gasteiger partial charge in [-0.25, -0.2) is 4.98 Å². The van der Waals surface area contributed by atoms with Crippen LogP contribution in [0.4, 0.5) is 0 Å². The van der Waals surface area contributed by atoms with Crippen molar-refractivity contribution in [1.29, 1.82) is 0 Å². The van der Waals surface area contributed by atoms with Crippen molar-refractivity contribution in [2.24, 2.45) is 11.3 Å². The zero-order chi connectivity index (χ0) is 14.2. The minimum atomic E-state index is 0.507. The standard InChI is InChI=1S/C17H22N2S/c1-17(2)10-13(17)14(18-3)9-16-19-15(11-20-16)12-7-5-4-6-8-12/h4-8,11,13-14,18H,9-10H2,1-3H3. The van der Waals surface area contributed by atoms with Crippen molar-refractivity contribution in [2.75, 3.05) is 7.05 Å². The highest BCUT2D eigenvalue weighted by Gasteiger charge is 2.49. The highest BCUT2D eigenvalue weighted by atomic mass is 32.1. The molecule has 1 aromatic heterocycles. The van der Waals surface area contributed by atoms with Crippen LogP contribution in [0.3, 0.4) is 0 Å². The maximum absolute atomic E-state index is 4.80. The van der Waals surface area contributed by atoms with Crippen LogP contribution in [0.1, 0.15) is 25.3 Å². The number of hydrogen-bond donors (Lipinski definition) is 1. The van der Waals surface area contributed by atoms with E-state index in [4.69, 9.17) is 4.98 Å². The van der Waals surface area contributed by atoms with Gasteiger partial charge in [0.25, 0.3) is 0 Å². The summed E-state index contributed by atoms with van der Waals surface area (Å²) in [6.45, 7) is 4.72. The van der Waals surface area contributed by atoms with E-state index in [0.29, 0.717) is 11.5 Å². The fourth-order valence-corrected chi connectivity index (χ4v) is 3.84. The summed E-state index contributed by atoms with van der Waals surface area (Å²) >= 11 is 1.78. The van der Waals surface area contributed by atoms with Crippen LogP contribution < -0.4 is 5.32 Å². The number of nitrogens with one attached hydrogen (secondary N) is 1. The van der Waals surface area contributed by atoms with Gasteiger partial charge in [-0.15, -0.1) is 11.3 Å². The largest absolute Gasteiger partial charge is 0.316 e. The summed E-state index contributed by atoms with van der Waals surface area (Å²) in [4.78, 5) is 4.80. The van der Waals surface area contributed by atoms with E-state index in [9.17, 15) is 0 Å². The van der Waals surface area contributed by atoms with E-state index in [2.05, 4.69) is 55.9 Å². The zero-order valence-electron chi connectivity index (χ0n) is 12.4. The molecule has 1 aromatic carbocycles. The van der Waals surface area contributed by atoms with Gasteiger partial charge in [-0.1, -0.05) is 44.2 Å². The van der Waals surface area contributed by atoms with Crippen molar-refractivity contribution >= 4 is 11.3 Å². The Balaban J connectivity index is 1.71. The van der Waals surface area contributed by atoms with Crippen LogP contribution in [0.25, 0.3) is 11.3 Å². The molecule has 2 nitrogen and oxygen atoms in total. The van der Waals surface area contributed by atoms with Gasteiger partial charge in [0.2, 0.25) is 0 Å². The Morgan fingerprint density at radius 2 is 2.05 bits per heavy atom. The average molecular weight is 286 g/mol.